The fraction of sp³-hybridized carbons (Fsp3) is 0.318. The minimum absolute atomic E-state index is 0.00841. The third kappa shape index (κ3) is 6.01. The second-order valence-corrected chi connectivity index (χ2v) is 13.2. The summed E-state index contributed by atoms with van der Waals surface area (Å²) in [6.45, 7) is 2.95. The molecule has 0 atom stereocenters. The molecule has 4 rings (SSSR count). The molecule has 3 aromatic rings. The first-order valence-electron chi connectivity index (χ1n) is 10.5. The lowest BCUT2D eigenvalue weighted by molar-refractivity contribution is -0.642. The predicted octanol–water partition coefficient (Wildman–Crippen LogP) is 5.81. The van der Waals surface area contributed by atoms with Crippen molar-refractivity contribution in [2.75, 3.05) is 23.7 Å². The SMILES string of the molecule is CCNOS(=O)(=O)CCCCN1C(=Cc2sc3ccc(Br)cc3[n+]2C)Sc2ccc(Br)cc21. The third-order valence-electron chi connectivity index (χ3n) is 5.12. The molecule has 33 heavy (non-hydrogen) atoms. The predicted molar refractivity (Wildman–Crippen MR) is 144 cm³/mol. The van der Waals surface area contributed by atoms with Crippen LogP contribution in [0.3, 0.4) is 0 Å². The topological polar surface area (TPSA) is 62.5 Å². The van der Waals surface area contributed by atoms with E-state index in [1.807, 2.05) is 0 Å². The molecule has 1 N–H and O–H groups in total. The standard InChI is InChI=1S/C22H24Br2N3O3S3/c1-3-25-30-33(28,29)11-5-4-10-27-18-13-16(24)7-9-20(18)32-22(27)14-21-26(2)17-12-15(23)6-8-19(17)31-21/h6-9,12-14,25H,3-5,10-11H2,1-2H3/q+1. The molecule has 0 saturated heterocycles. The molecule has 6 nitrogen and oxygen atoms in total. The summed E-state index contributed by atoms with van der Waals surface area (Å²) in [5, 5.41) is 2.29. The van der Waals surface area contributed by atoms with Gasteiger partial charge in [0.15, 0.2) is 0 Å². The minimum atomic E-state index is -3.56. The first kappa shape index (κ1) is 25.2. The van der Waals surface area contributed by atoms with E-state index in [4.69, 9.17) is 4.28 Å². The van der Waals surface area contributed by atoms with Crippen molar-refractivity contribution in [1.29, 1.82) is 0 Å². The number of aryl methyl sites for hydroxylation is 1. The third-order valence-corrected chi connectivity index (χ3v) is 9.55. The van der Waals surface area contributed by atoms with E-state index in [9.17, 15) is 8.42 Å². The van der Waals surface area contributed by atoms with Gasteiger partial charge in [0.25, 0.3) is 15.1 Å². The maximum Gasteiger partial charge on any atom is 0.283 e. The highest BCUT2D eigenvalue weighted by atomic mass is 79.9. The van der Waals surface area contributed by atoms with E-state index in [0.29, 0.717) is 13.0 Å². The molecule has 0 fully saturated rings. The maximum absolute atomic E-state index is 12.0. The Hall–Kier alpha value is -0.950. The summed E-state index contributed by atoms with van der Waals surface area (Å²) in [6.07, 6.45) is 3.47. The molecule has 0 unspecified atom stereocenters. The Morgan fingerprint density at radius 1 is 1.15 bits per heavy atom. The molecule has 1 aliphatic rings. The summed E-state index contributed by atoms with van der Waals surface area (Å²) in [6, 6.07) is 12.6. The molecule has 0 spiro atoms. The second-order valence-electron chi connectivity index (χ2n) is 7.51. The molecule has 2 aromatic carbocycles. The van der Waals surface area contributed by atoms with Gasteiger partial charge in [-0.3, -0.25) is 0 Å². The molecule has 2 heterocycles. The first-order valence-corrected chi connectivity index (χ1v) is 15.3. The summed E-state index contributed by atoms with van der Waals surface area (Å²) in [5.74, 6) is -0.00841. The van der Waals surface area contributed by atoms with Crippen LogP contribution in [-0.4, -0.2) is 27.3 Å². The lowest BCUT2D eigenvalue weighted by atomic mass is 10.2. The highest BCUT2D eigenvalue weighted by Crippen LogP contribution is 2.48. The number of halogens is 2. The Labute approximate surface area is 219 Å². The van der Waals surface area contributed by atoms with Crippen LogP contribution in [0.4, 0.5) is 5.69 Å². The molecule has 11 heteroatoms. The number of fused-ring (bicyclic) bond motifs is 2. The van der Waals surface area contributed by atoms with E-state index in [1.165, 1.54) is 15.1 Å². The number of aromatic nitrogens is 1. The van der Waals surface area contributed by atoms with Crippen molar-refractivity contribution in [3.8, 4) is 0 Å². The Morgan fingerprint density at radius 2 is 1.91 bits per heavy atom. The van der Waals surface area contributed by atoms with Crippen molar-refractivity contribution < 1.29 is 17.3 Å². The van der Waals surface area contributed by atoms with Gasteiger partial charge in [-0.1, -0.05) is 61.9 Å². The van der Waals surface area contributed by atoms with Crippen molar-refractivity contribution in [2.24, 2.45) is 7.05 Å². The average Bonchev–Trinajstić information content (AvgIpc) is 3.27. The molecule has 0 bridgehead atoms. The van der Waals surface area contributed by atoms with Gasteiger partial charge in [0.1, 0.15) is 11.7 Å². The van der Waals surface area contributed by atoms with Crippen molar-refractivity contribution >= 4 is 87.1 Å². The molecule has 0 radical (unpaired) electrons. The van der Waals surface area contributed by atoms with Crippen molar-refractivity contribution in [2.45, 2.75) is 24.7 Å². The lowest BCUT2D eigenvalue weighted by Crippen LogP contribution is -2.29. The molecule has 0 aliphatic carbocycles. The fourth-order valence-corrected chi connectivity index (χ4v) is 7.41. The number of benzene rings is 2. The summed E-state index contributed by atoms with van der Waals surface area (Å²) >= 11 is 10.7. The van der Waals surface area contributed by atoms with Gasteiger partial charge in [-0.25, -0.2) is 0 Å². The van der Waals surface area contributed by atoms with Gasteiger partial charge in [-0.05, 0) is 43.2 Å². The van der Waals surface area contributed by atoms with E-state index in [1.54, 1.807) is 30.0 Å². The van der Waals surface area contributed by atoms with Crippen LogP contribution in [0, 0.1) is 0 Å². The van der Waals surface area contributed by atoms with Gasteiger partial charge in [-0.2, -0.15) is 22.7 Å². The van der Waals surface area contributed by atoms with Crippen LogP contribution in [0.1, 0.15) is 24.8 Å². The molecule has 0 amide bonds. The number of rotatable bonds is 9. The normalized spacial score (nSPS) is 15.0. The Bertz CT molecular complexity index is 1310. The van der Waals surface area contributed by atoms with E-state index in [2.05, 4.69) is 96.3 Å². The molecule has 1 aliphatic heterocycles. The van der Waals surface area contributed by atoms with Gasteiger partial charge in [0.2, 0.25) is 5.52 Å². The molecular weight excluding hydrogens is 610 g/mol. The zero-order valence-corrected chi connectivity index (χ0v) is 23.8. The number of hydrogen-bond donors (Lipinski definition) is 1. The van der Waals surface area contributed by atoms with E-state index >= 15 is 0 Å². The monoisotopic (exact) mass is 632 g/mol. The van der Waals surface area contributed by atoms with Gasteiger partial charge >= 0.3 is 0 Å². The number of hydrogen-bond acceptors (Lipinski definition) is 7. The number of hydroxylamine groups is 1. The van der Waals surface area contributed by atoms with E-state index in [-0.39, 0.29) is 5.75 Å². The van der Waals surface area contributed by atoms with Crippen LogP contribution in [-0.2, 0) is 21.4 Å². The second kappa shape index (κ2) is 10.8. The Kier molecular flexibility index (Phi) is 8.20. The fourth-order valence-electron chi connectivity index (χ4n) is 3.52. The number of nitrogens with one attached hydrogen (secondary N) is 1. The highest BCUT2D eigenvalue weighted by Gasteiger charge is 2.27. The smallest absolute Gasteiger partial charge is 0.283 e. The first-order chi connectivity index (χ1) is 15.8. The zero-order valence-electron chi connectivity index (χ0n) is 18.2. The molecule has 0 saturated carbocycles. The summed E-state index contributed by atoms with van der Waals surface area (Å²) in [4.78, 5) is 3.47. The molecule has 1 aromatic heterocycles. The lowest BCUT2D eigenvalue weighted by Gasteiger charge is -2.20. The Morgan fingerprint density at radius 3 is 2.70 bits per heavy atom. The van der Waals surface area contributed by atoms with Gasteiger partial charge in [0.05, 0.1) is 22.5 Å². The van der Waals surface area contributed by atoms with Crippen molar-refractivity contribution in [1.82, 2.24) is 5.48 Å². The van der Waals surface area contributed by atoms with Crippen LogP contribution in [0.25, 0.3) is 16.3 Å². The quantitative estimate of drug-likeness (QED) is 0.182. The van der Waals surface area contributed by atoms with Gasteiger partial charge in [0, 0.05) is 33.0 Å². The number of unbranched alkanes of at least 4 members (excludes halogenated alkanes) is 1. The largest absolute Gasteiger partial charge is 0.335 e. The van der Waals surface area contributed by atoms with Gasteiger partial charge < -0.3 is 4.90 Å². The highest BCUT2D eigenvalue weighted by molar-refractivity contribution is 9.10. The average molecular weight is 634 g/mol. The van der Waals surface area contributed by atoms with Crippen LogP contribution in [0.15, 0.2) is 55.3 Å². The van der Waals surface area contributed by atoms with Gasteiger partial charge in [-0.15, -0.1) is 0 Å². The minimum Gasteiger partial charge on any atom is -0.335 e. The zero-order chi connectivity index (χ0) is 23.6. The van der Waals surface area contributed by atoms with Crippen molar-refractivity contribution in [3.63, 3.8) is 0 Å². The summed E-state index contributed by atoms with van der Waals surface area (Å²) in [7, 11) is -1.47. The van der Waals surface area contributed by atoms with Crippen LogP contribution >= 0.6 is 55.0 Å². The van der Waals surface area contributed by atoms with Crippen molar-refractivity contribution in [3.05, 3.63) is 55.4 Å². The van der Waals surface area contributed by atoms with E-state index in [0.717, 1.165) is 37.6 Å². The summed E-state index contributed by atoms with van der Waals surface area (Å²) < 4.78 is 34.2. The number of anilines is 1. The molecular formula is C22H24Br2N3O3S3+. The number of thioether (sulfide) groups is 1. The summed E-state index contributed by atoms with van der Waals surface area (Å²) in [5.41, 5.74) is 4.74. The van der Waals surface area contributed by atoms with Crippen LogP contribution < -0.4 is 14.9 Å². The van der Waals surface area contributed by atoms with Crippen LogP contribution in [0.2, 0.25) is 0 Å². The number of thiazole rings is 1. The van der Waals surface area contributed by atoms with E-state index < -0.39 is 10.1 Å². The maximum atomic E-state index is 12.0. The molecule has 176 valence electrons. The Balaban J connectivity index is 1.56. The van der Waals surface area contributed by atoms with Crippen LogP contribution in [0.5, 0.6) is 0 Å². The number of nitrogens with zero attached hydrogens (tertiary/aromatic N) is 2.